The molecule has 1 N–H and O–H groups in total. The van der Waals surface area contributed by atoms with Gasteiger partial charge in [0.05, 0.1) is 11.8 Å². The van der Waals surface area contributed by atoms with E-state index in [0.717, 1.165) is 25.9 Å². The molecule has 0 bridgehead atoms. The van der Waals surface area contributed by atoms with E-state index in [4.69, 9.17) is 0 Å². The average molecular weight is 288 g/mol. The Labute approximate surface area is 122 Å². The summed E-state index contributed by atoms with van der Waals surface area (Å²) in [5.74, 6) is 0.933. The minimum absolute atomic E-state index is 0.329. The molecule has 2 aromatic rings. The Hall–Kier alpha value is -2.31. The highest BCUT2D eigenvalue weighted by molar-refractivity contribution is 5.58. The smallest absolute Gasteiger partial charge is 0.230 e. The predicted molar refractivity (Wildman–Crippen MR) is 78.6 cm³/mol. The largest absolute Gasteiger partial charge is 0.357 e. The first-order chi connectivity index (χ1) is 10.3. The van der Waals surface area contributed by atoms with Crippen molar-refractivity contribution in [1.82, 2.24) is 19.9 Å². The Bertz CT molecular complexity index is 627. The molecule has 0 radical (unpaired) electrons. The lowest BCUT2D eigenvalue weighted by Gasteiger charge is -2.26. The van der Waals surface area contributed by atoms with Crippen LogP contribution in [0.4, 0.5) is 16.3 Å². The second-order valence-electron chi connectivity index (χ2n) is 4.94. The van der Waals surface area contributed by atoms with E-state index < -0.39 is 5.82 Å². The number of piperidine rings is 1. The first-order valence-electron chi connectivity index (χ1n) is 7.06. The topological polar surface area (TPSA) is 66.8 Å². The fourth-order valence-electron chi connectivity index (χ4n) is 2.39. The van der Waals surface area contributed by atoms with E-state index in [2.05, 4.69) is 30.2 Å². The lowest BCUT2D eigenvalue weighted by atomic mass is 10.1. The fraction of sp³-hybridized carbons (Fsp3) is 0.429. The Morgan fingerprint density at radius 2 is 1.95 bits per heavy atom. The molecule has 0 spiro atoms. The van der Waals surface area contributed by atoms with Crippen molar-refractivity contribution < 1.29 is 4.39 Å². The molecule has 0 amide bonds. The van der Waals surface area contributed by atoms with Gasteiger partial charge in [-0.25, -0.2) is 4.39 Å². The molecular formula is C14H17FN6. The molecule has 2 aromatic heterocycles. The molecule has 21 heavy (non-hydrogen) atoms. The second kappa shape index (κ2) is 5.99. The van der Waals surface area contributed by atoms with E-state index in [9.17, 15) is 4.39 Å². The number of hydrogen-bond acceptors (Lipinski definition) is 6. The van der Waals surface area contributed by atoms with Crippen LogP contribution in [0.1, 0.15) is 19.3 Å². The molecule has 6 nitrogen and oxygen atoms in total. The quantitative estimate of drug-likeness (QED) is 0.933. The molecule has 0 aromatic carbocycles. The van der Waals surface area contributed by atoms with Gasteiger partial charge in [-0.1, -0.05) is 0 Å². The minimum atomic E-state index is -0.435. The summed E-state index contributed by atoms with van der Waals surface area (Å²) < 4.78 is 13.9. The highest BCUT2D eigenvalue weighted by Crippen LogP contribution is 2.23. The zero-order valence-electron chi connectivity index (χ0n) is 11.9. The van der Waals surface area contributed by atoms with Gasteiger partial charge in [0.25, 0.3) is 0 Å². The highest BCUT2D eigenvalue weighted by Gasteiger charge is 2.17. The van der Waals surface area contributed by atoms with Crippen LogP contribution in [-0.4, -0.2) is 40.1 Å². The molecule has 1 aliphatic rings. The number of nitrogens with one attached hydrogen (secondary N) is 1. The van der Waals surface area contributed by atoms with Crippen LogP contribution in [-0.2, 0) is 0 Å². The normalized spacial score (nSPS) is 15.0. The maximum Gasteiger partial charge on any atom is 0.230 e. The van der Waals surface area contributed by atoms with Crippen molar-refractivity contribution in [3.05, 3.63) is 24.3 Å². The van der Waals surface area contributed by atoms with Gasteiger partial charge < -0.3 is 10.2 Å². The molecule has 0 saturated carbocycles. The van der Waals surface area contributed by atoms with Crippen LogP contribution in [0.2, 0.25) is 0 Å². The molecule has 3 rings (SSSR count). The van der Waals surface area contributed by atoms with Crippen LogP contribution in [0.5, 0.6) is 0 Å². The van der Waals surface area contributed by atoms with Crippen LogP contribution in [0.15, 0.2) is 18.5 Å². The summed E-state index contributed by atoms with van der Waals surface area (Å²) in [6, 6.07) is 1.57. The Balaban J connectivity index is 2.02. The summed E-state index contributed by atoms with van der Waals surface area (Å²) in [6.45, 7) is 1.84. The van der Waals surface area contributed by atoms with E-state index in [1.807, 2.05) is 0 Å². The van der Waals surface area contributed by atoms with Crippen LogP contribution in [0.25, 0.3) is 11.4 Å². The number of nitrogens with zero attached hydrogens (tertiary/aromatic N) is 5. The minimum Gasteiger partial charge on any atom is -0.357 e. The van der Waals surface area contributed by atoms with Crippen LogP contribution < -0.4 is 10.2 Å². The van der Waals surface area contributed by atoms with Crippen molar-refractivity contribution >= 4 is 11.9 Å². The Kier molecular flexibility index (Phi) is 3.89. The van der Waals surface area contributed by atoms with Gasteiger partial charge in [-0.3, -0.25) is 4.98 Å². The number of rotatable bonds is 3. The molecule has 7 heteroatoms. The van der Waals surface area contributed by atoms with Crippen molar-refractivity contribution in [2.24, 2.45) is 0 Å². The summed E-state index contributed by atoms with van der Waals surface area (Å²) in [4.78, 5) is 18.9. The second-order valence-corrected chi connectivity index (χ2v) is 4.94. The molecule has 0 atom stereocenters. The van der Waals surface area contributed by atoms with Gasteiger partial charge in [0, 0.05) is 26.3 Å². The van der Waals surface area contributed by atoms with E-state index >= 15 is 0 Å². The van der Waals surface area contributed by atoms with Gasteiger partial charge in [-0.05, 0) is 25.3 Å². The van der Waals surface area contributed by atoms with Crippen molar-refractivity contribution in [2.45, 2.75) is 19.3 Å². The summed E-state index contributed by atoms with van der Waals surface area (Å²) in [7, 11) is 1.74. The number of anilines is 2. The monoisotopic (exact) mass is 288 g/mol. The van der Waals surface area contributed by atoms with E-state index in [1.165, 1.54) is 18.8 Å². The third-order valence-electron chi connectivity index (χ3n) is 3.50. The standard InChI is InChI=1S/C14H17FN6/c1-16-13-18-12(10-5-6-17-9-11(10)15)19-14(20-13)21-7-3-2-4-8-21/h5-6,9H,2-4,7-8H2,1H3,(H,16,18,19,20). The molecule has 110 valence electrons. The Morgan fingerprint density at radius 1 is 1.14 bits per heavy atom. The zero-order valence-corrected chi connectivity index (χ0v) is 11.9. The van der Waals surface area contributed by atoms with Gasteiger partial charge in [-0.2, -0.15) is 15.0 Å². The first kappa shape index (κ1) is 13.7. The van der Waals surface area contributed by atoms with Gasteiger partial charge in [-0.15, -0.1) is 0 Å². The average Bonchev–Trinajstić information content (AvgIpc) is 2.55. The lowest BCUT2D eigenvalue weighted by Crippen LogP contribution is -2.31. The molecule has 3 heterocycles. The summed E-state index contributed by atoms with van der Waals surface area (Å²) in [6.07, 6.45) is 6.17. The maximum absolute atomic E-state index is 13.9. The van der Waals surface area contributed by atoms with Crippen molar-refractivity contribution in [3.8, 4) is 11.4 Å². The van der Waals surface area contributed by atoms with Gasteiger partial charge in [0.1, 0.15) is 0 Å². The molecule has 0 unspecified atom stereocenters. The van der Waals surface area contributed by atoms with Crippen molar-refractivity contribution in [2.75, 3.05) is 30.4 Å². The molecular weight excluding hydrogens is 271 g/mol. The third-order valence-corrected chi connectivity index (χ3v) is 3.50. The zero-order chi connectivity index (χ0) is 14.7. The van der Waals surface area contributed by atoms with E-state index in [1.54, 1.807) is 13.1 Å². The maximum atomic E-state index is 13.9. The Morgan fingerprint density at radius 3 is 2.67 bits per heavy atom. The molecule has 0 aliphatic carbocycles. The molecule has 1 fully saturated rings. The molecule has 1 aliphatic heterocycles. The number of pyridine rings is 1. The number of halogens is 1. The van der Waals surface area contributed by atoms with E-state index in [0.29, 0.717) is 23.3 Å². The van der Waals surface area contributed by atoms with Crippen LogP contribution in [0.3, 0.4) is 0 Å². The number of aromatic nitrogens is 4. The lowest BCUT2D eigenvalue weighted by molar-refractivity contribution is 0.567. The van der Waals surface area contributed by atoms with Gasteiger partial charge in [0.15, 0.2) is 11.6 Å². The summed E-state index contributed by atoms with van der Waals surface area (Å²) in [5.41, 5.74) is 0.335. The van der Waals surface area contributed by atoms with Crippen molar-refractivity contribution in [1.29, 1.82) is 0 Å². The summed E-state index contributed by atoms with van der Waals surface area (Å²) >= 11 is 0. The highest BCUT2D eigenvalue weighted by atomic mass is 19.1. The molecule has 1 saturated heterocycles. The van der Waals surface area contributed by atoms with Gasteiger partial charge >= 0.3 is 0 Å². The summed E-state index contributed by atoms with van der Waals surface area (Å²) in [5, 5.41) is 2.91. The fourth-order valence-corrected chi connectivity index (χ4v) is 2.39. The SMILES string of the molecule is CNc1nc(-c2ccncc2F)nc(N2CCCCC2)n1. The first-order valence-corrected chi connectivity index (χ1v) is 7.06. The van der Waals surface area contributed by atoms with Crippen molar-refractivity contribution in [3.63, 3.8) is 0 Å². The van der Waals surface area contributed by atoms with E-state index in [-0.39, 0.29) is 0 Å². The third kappa shape index (κ3) is 2.91. The van der Waals surface area contributed by atoms with Crippen LogP contribution in [0, 0.1) is 5.82 Å². The van der Waals surface area contributed by atoms with Gasteiger partial charge in [0.2, 0.25) is 11.9 Å². The van der Waals surface area contributed by atoms with Crippen LogP contribution >= 0.6 is 0 Å². The number of hydrogen-bond donors (Lipinski definition) is 1. The predicted octanol–water partition coefficient (Wildman–Crippen LogP) is 2.10.